The SMILES string of the molecule is CNC(C)CN(CCCOC)CCOC. The van der Waals surface area contributed by atoms with Crippen molar-refractivity contribution in [1.82, 2.24) is 10.2 Å². The van der Waals surface area contributed by atoms with E-state index < -0.39 is 0 Å². The summed E-state index contributed by atoms with van der Waals surface area (Å²) in [7, 11) is 5.48. The van der Waals surface area contributed by atoms with Gasteiger partial charge in [-0.1, -0.05) is 0 Å². The third kappa shape index (κ3) is 8.81. The molecule has 4 heteroatoms. The molecule has 0 saturated heterocycles. The zero-order chi connectivity index (χ0) is 11.5. The van der Waals surface area contributed by atoms with Gasteiger partial charge in [0.05, 0.1) is 6.61 Å². The maximum absolute atomic E-state index is 5.10. The van der Waals surface area contributed by atoms with E-state index in [-0.39, 0.29) is 0 Å². The minimum Gasteiger partial charge on any atom is -0.385 e. The van der Waals surface area contributed by atoms with Gasteiger partial charge in [0.1, 0.15) is 0 Å². The summed E-state index contributed by atoms with van der Waals surface area (Å²) in [6.45, 7) is 6.94. The van der Waals surface area contributed by atoms with Crippen molar-refractivity contribution in [3.05, 3.63) is 0 Å². The Morgan fingerprint density at radius 2 is 1.80 bits per heavy atom. The van der Waals surface area contributed by atoms with E-state index >= 15 is 0 Å². The number of hydrogen-bond donors (Lipinski definition) is 1. The lowest BCUT2D eigenvalue weighted by Crippen LogP contribution is -2.39. The molecule has 0 aliphatic carbocycles. The van der Waals surface area contributed by atoms with Crippen LogP contribution in [0.5, 0.6) is 0 Å². The summed E-state index contributed by atoms with van der Waals surface area (Å²) >= 11 is 0. The first-order chi connectivity index (χ1) is 7.24. The second kappa shape index (κ2) is 10.4. The van der Waals surface area contributed by atoms with Gasteiger partial charge in [0.25, 0.3) is 0 Å². The highest BCUT2D eigenvalue weighted by Crippen LogP contribution is 1.95. The minimum absolute atomic E-state index is 0.518. The summed E-state index contributed by atoms with van der Waals surface area (Å²) in [4.78, 5) is 2.41. The number of likely N-dealkylation sites (N-methyl/N-ethyl adjacent to an activating group) is 1. The van der Waals surface area contributed by atoms with Crippen LogP contribution in [0.25, 0.3) is 0 Å². The van der Waals surface area contributed by atoms with Crippen LogP contribution in [-0.4, -0.2) is 65.1 Å². The van der Waals surface area contributed by atoms with E-state index in [1.165, 1.54) is 0 Å². The molecule has 1 unspecified atom stereocenters. The topological polar surface area (TPSA) is 33.7 Å². The maximum Gasteiger partial charge on any atom is 0.0589 e. The van der Waals surface area contributed by atoms with Gasteiger partial charge in [-0.3, -0.25) is 4.90 Å². The van der Waals surface area contributed by atoms with Crippen LogP contribution in [0.2, 0.25) is 0 Å². The quantitative estimate of drug-likeness (QED) is 0.544. The molecule has 1 atom stereocenters. The van der Waals surface area contributed by atoms with Crippen LogP contribution in [0, 0.1) is 0 Å². The van der Waals surface area contributed by atoms with Gasteiger partial charge >= 0.3 is 0 Å². The monoisotopic (exact) mass is 218 g/mol. The molecule has 1 N–H and O–H groups in total. The Kier molecular flexibility index (Phi) is 10.3. The molecule has 92 valence electrons. The normalized spacial score (nSPS) is 13.4. The van der Waals surface area contributed by atoms with E-state index in [0.29, 0.717) is 6.04 Å². The number of hydrogen-bond acceptors (Lipinski definition) is 4. The van der Waals surface area contributed by atoms with Gasteiger partial charge in [-0.05, 0) is 20.4 Å². The Bertz CT molecular complexity index is 134. The molecule has 0 spiro atoms. The van der Waals surface area contributed by atoms with Crippen LogP contribution in [0.3, 0.4) is 0 Å². The highest BCUT2D eigenvalue weighted by molar-refractivity contribution is 4.66. The molecule has 0 amide bonds. The summed E-state index contributed by atoms with van der Waals surface area (Å²) < 4.78 is 10.2. The Morgan fingerprint density at radius 1 is 1.13 bits per heavy atom. The lowest BCUT2D eigenvalue weighted by Gasteiger charge is -2.25. The molecule has 0 aliphatic rings. The van der Waals surface area contributed by atoms with Gasteiger partial charge in [-0.25, -0.2) is 0 Å². The molecular weight excluding hydrogens is 192 g/mol. The Morgan fingerprint density at radius 3 is 2.33 bits per heavy atom. The fraction of sp³-hybridized carbons (Fsp3) is 1.00. The Labute approximate surface area is 93.9 Å². The van der Waals surface area contributed by atoms with Gasteiger partial charge in [0, 0.05) is 46.5 Å². The third-order valence-electron chi connectivity index (χ3n) is 2.46. The van der Waals surface area contributed by atoms with Crippen LogP contribution in [-0.2, 0) is 9.47 Å². The lowest BCUT2D eigenvalue weighted by molar-refractivity contribution is 0.128. The fourth-order valence-electron chi connectivity index (χ4n) is 1.43. The van der Waals surface area contributed by atoms with Crippen molar-refractivity contribution in [2.45, 2.75) is 19.4 Å². The largest absolute Gasteiger partial charge is 0.385 e. The first-order valence-corrected chi connectivity index (χ1v) is 5.62. The minimum atomic E-state index is 0.518. The molecule has 0 aromatic heterocycles. The highest BCUT2D eigenvalue weighted by Gasteiger charge is 2.07. The molecule has 0 aromatic rings. The smallest absolute Gasteiger partial charge is 0.0589 e. The second-order valence-corrected chi connectivity index (χ2v) is 3.83. The van der Waals surface area contributed by atoms with Crippen LogP contribution in [0.4, 0.5) is 0 Å². The van der Waals surface area contributed by atoms with E-state index in [4.69, 9.17) is 9.47 Å². The molecule has 0 heterocycles. The van der Waals surface area contributed by atoms with E-state index in [9.17, 15) is 0 Å². The highest BCUT2D eigenvalue weighted by atomic mass is 16.5. The van der Waals surface area contributed by atoms with E-state index in [0.717, 1.165) is 39.3 Å². The second-order valence-electron chi connectivity index (χ2n) is 3.83. The first kappa shape index (κ1) is 14.8. The lowest BCUT2D eigenvalue weighted by atomic mass is 10.3. The predicted molar refractivity (Wildman–Crippen MR) is 63.3 cm³/mol. The first-order valence-electron chi connectivity index (χ1n) is 5.62. The van der Waals surface area contributed by atoms with Gasteiger partial charge in [-0.2, -0.15) is 0 Å². The summed E-state index contributed by atoms with van der Waals surface area (Å²) in [5.74, 6) is 0. The van der Waals surface area contributed by atoms with E-state index in [1.54, 1.807) is 14.2 Å². The molecule has 0 fully saturated rings. The molecule has 0 aromatic carbocycles. The van der Waals surface area contributed by atoms with Crippen LogP contribution in [0.15, 0.2) is 0 Å². The molecule has 0 rings (SSSR count). The number of ether oxygens (including phenoxy) is 2. The Hall–Kier alpha value is -0.160. The fourth-order valence-corrected chi connectivity index (χ4v) is 1.43. The van der Waals surface area contributed by atoms with Gasteiger partial charge < -0.3 is 14.8 Å². The summed E-state index contributed by atoms with van der Waals surface area (Å²) in [6, 6.07) is 0.518. The predicted octanol–water partition coefficient (Wildman–Crippen LogP) is 0.579. The van der Waals surface area contributed by atoms with Crippen molar-refractivity contribution >= 4 is 0 Å². The van der Waals surface area contributed by atoms with Crippen molar-refractivity contribution in [1.29, 1.82) is 0 Å². The van der Waals surface area contributed by atoms with Gasteiger partial charge in [0.2, 0.25) is 0 Å². The van der Waals surface area contributed by atoms with Crippen LogP contribution < -0.4 is 5.32 Å². The summed E-state index contributed by atoms with van der Waals surface area (Å²) in [6.07, 6.45) is 1.08. The zero-order valence-electron chi connectivity index (χ0n) is 10.6. The molecule has 0 aliphatic heterocycles. The number of nitrogens with one attached hydrogen (secondary N) is 1. The average molecular weight is 218 g/mol. The standard InChI is InChI=1S/C11H26N2O2/c1-11(12-2)10-13(7-9-15-4)6-5-8-14-3/h11-12H,5-10H2,1-4H3. The van der Waals surface area contributed by atoms with Crippen molar-refractivity contribution in [3.63, 3.8) is 0 Å². The molecule has 0 radical (unpaired) electrons. The van der Waals surface area contributed by atoms with Crippen LogP contribution in [0.1, 0.15) is 13.3 Å². The Balaban J connectivity index is 3.72. The number of nitrogens with zero attached hydrogens (tertiary/aromatic N) is 1. The van der Waals surface area contributed by atoms with E-state index in [1.807, 2.05) is 7.05 Å². The van der Waals surface area contributed by atoms with Gasteiger partial charge in [-0.15, -0.1) is 0 Å². The third-order valence-corrected chi connectivity index (χ3v) is 2.46. The summed E-state index contributed by atoms with van der Waals surface area (Å²) in [5, 5.41) is 3.25. The van der Waals surface area contributed by atoms with E-state index in [2.05, 4.69) is 17.1 Å². The molecule has 0 saturated carbocycles. The zero-order valence-corrected chi connectivity index (χ0v) is 10.6. The van der Waals surface area contributed by atoms with Crippen molar-refractivity contribution in [2.75, 3.05) is 54.1 Å². The molecule has 4 nitrogen and oxygen atoms in total. The average Bonchev–Trinajstić information content (AvgIpc) is 2.25. The maximum atomic E-state index is 5.10. The van der Waals surface area contributed by atoms with Crippen molar-refractivity contribution < 1.29 is 9.47 Å². The molecular formula is C11H26N2O2. The van der Waals surface area contributed by atoms with Crippen molar-refractivity contribution in [3.8, 4) is 0 Å². The van der Waals surface area contributed by atoms with Gasteiger partial charge in [0.15, 0.2) is 0 Å². The van der Waals surface area contributed by atoms with Crippen molar-refractivity contribution in [2.24, 2.45) is 0 Å². The van der Waals surface area contributed by atoms with Crippen LogP contribution >= 0.6 is 0 Å². The summed E-state index contributed by atoms with van der Waals surface area (Å²) in [5.41, 5.74) is 0. The molecule has 0 bridgehead atoms. The molecule has 15 heavy (non-hydrogen) atoms. The number of methoxy groups -OCH3 is 2. The number of rotatable bonds is 10.